The summed E-state index contributed by atoms with van der Waals surface area (Å²) in [5.41, 5.74) is 3.39. The van der Waals surface area contributed by atoms with Crippen molar-refractivity contribution < 1.29 is 9.53 Å². The fraction of sp³-hybridized carbons (Fsp3) is 0.233. The minimum atomic E-state index is -0.556. The number of nitrogens with zero attached hydrogens (tertiary/aromatic N) is 3. The first-order chi connectivity index (χ1) is 19.1. The van der Waals surface area contributed by atoms with Crippen molar-refractivity contribution in [2.45, 2.75) is 32.9 Å². The van der Waals surface area contributed by atoms with Crippen LogP contribution in [0.1, 0.15) is 44.2 Å². The molecule has 1 aliphatic rings. The van der Waals surface area contributed by atoms with E-state index in [-0.39, 0.29) is 18.0 Å². The van der Waals surface area contributed by atoms with E-state index in [2.05, 4.69) is 15.6 Å². The molecule has 0 aliphatic carbocycles. The van der Waals surface area contributed by atoms with Crippen molar-refractivity contribution >= 4 is 57.8 Å². The SMILES string of the molecule is COc1cc(N2C(=S)N[C@@H](c3ccccn3)[C@@H]2c2cccn2-c2ccc(Cl)cc2Cl)ccc1NC(=O)C(C)(C)C. The summed E-state index contributed by atoms with van der Waals surface area (Å²) in [6, 6.07) is 20.3. The number of aromatic nitrogens is 2. The third-order valence-electron chi connectivity index (χ3n) is 6.74. The number of halogens is 2. The maximum absolute atomic E-state index is 12.7. The molecule has 1 saturated heterocycles. The topological polar surface area (TPSA) is 71.4 Å². The number of carbonyl (C=O) groups excluding carboxylic acids is 1. The molecule has 0 saturated carbocycles. The monoisotopic (exact) mass is 593 g/mol. The van der Waals surface area contributed by atoms with Gasteiger partial charge in [0.05, 0.1) is 35.2 Å². The van der Waals surface area contributed by atoms with Crippen LogP contribution in [0.3, 0.4) is 0 Å². The first kappa shape index (κ1) is 28.0. The molecule has 7 nitrogen and oxygen atoms in total. The molecule has 0 spiro atoms. The van der Waals surface area contributed by atoms with Gasteiger partial charge in [0.1, 0.15) is 11.8 Å². The van der Waals surface area contributed by atoms with Crippen LogP contribution in [0.5, 0.6) is 5.75 Å². The lowest BCUT2D eigenvalue weighted by Gasteiger charge is -2.29. The summed E-state index contributed by atoms with van der Waals surface area (Å²) in [5, 5.41) is 8.07. The van der Waals surface area contributed by atoms with Crippen LogP contribution >= 0.6 is 35.4 Å². The van der Waals surface area contributed by atoms with Gasteiger partial charge >= 0.3 is 0 Å². The second kappa shape index (κ2) is 11.1. The van der Waals surface area contributed by atoms with E-state index in [1.54, 1.807) is 19.4 Å². The Kier molecular flexibility index (Phi) is 7.77. The molecule has 2 aromatic heterocycles. The molecule has 0 bridgehead atoms. The molecule has 40 heavy (non-hydrogen) atoms. The van der Waals surface area contributed by atoms with Crippen LogP contribution < -0.4 is 20.3 Å². The highest BCUT2D eigenvalue weighted by Crippen LogP contribution is 2.44. The molecular weight excluding hydrogens is 565 g/mol. The number of pyridine rings is 1. The Morgan fingerprint density at radius 3 is 2.55 bits per heavy atom. The fourth-order valence-corrected chi connectivity index (χ4v) is 5.55. The summed E-state index contributed by atoms with van der Waals surface area (Å²) in [6.45, 7) is 5.59. The maximum Gasteiger partial charge on any atom is 0.229 e. The normalized spacial score (nSPS) is 17.1. The number of methoxy groups -OCH3 is 1. The Hall–Kier alpha value is -3.59. The van der Waals surface area contributed by atoms with E-state index in [1.165, 1.54) is 0 Å². The molecule has 2 aromatic carbocycles. The van der Waals surface area contributed by atoms with Crippen LogP contribution in [0.2, 0.25) is 10.0 Å². The number of nitrogens with one attached hydrogen (secondary N) is 2. The van der Waals surface area contributed by atoms with Crippen molar-refractivity contribution in [3.8, 4) is 11.4 Å². The molecule has 2 atom stereocenters. The largest absolute Gasteiger partial charge is 0.494 e. The number of amides is 1. The van der Waals surface area contributed by atoms with Crippen LogP contribution in [0.4, 0.5) is 11.4 Å². The Morgan fingerprint density at radius 1 is 1.07 bits per heavy atom. The first-order valence-corrected chi connectivity index (χ1v) is 13.9. The maximum atomic E-state index is 12.7. The summed E-state index contributed by atoms with van der Waals surface area (Å²) in [6.07, 6.45) is 3.73. The zero-order chi connectivity index (χ0) is 28.6. The van der Waals surface area contributed by atoms with Gasteiger partial charge in [0.2, 0.25) is 5.91 Å². The van der Waals surface area contributed by atoms with E-state index in [9.17, 15) is 4.79 Å². The standard InChI is InChI=1S/C30H29Cl2N5O2S/c1-30(2,3)28(38)34-21-12-11-19(17-25(21)39-4)37-27(26(35-29(37)40)22-8-5-6-14-33-22)24-9-7-15-36(24)23-13-10-18(31)16-20(23)32/h5-17,26-27H,1-4H3,(H,34,38)(H,35,40)/t26-,27-/m0/s1. The molecule has 10 heteroatoms. The summed E-state index contributed by atoms with van der Waals surface area (Å²) >= 11 is 18.7. The lowest BCUT2D eigenvalue weighted by Crippen LogP contribution is -2.30. The molecule has 4 aromatic rings. The van der Waals surface area contributed by atoms with Crippen molar-refractivity contribution in [1.82, 2.24) is 14.9 Å². The summed E-state index contributed by atoms with van der Waals surface area (Å²) in [4.78, 5) is 19.4. The summed E-state index contributed by atoms with van der Waals surface area (Å²) in [5.74, 6) is 0.414. The van der Waals surface area contributed by atoms with Crippen LogP contribution in [-0.4, -0.2) is 27.7 Å². The zero-order valence-electron chi connectivity index (χ0n) is 22.5. The molecule has 5 rings (SSSR count). The number of thiocarbonyl (C=S) groups is 1. The summed E-state index contributed by atoms with van der Waals surface area (Å²) < 4.78 is 7.74. The third-order valence-corrected chi connectivity index (χ3v) is 7.60. The van der Waals surface area contributed by atoms with Gasteiger partial charge in [-0.3, -0.25) is 9.78 Å². The first-order valence-electron chi connectivity index (χ1n) is 12.7. The molecule has 2 N–H and O–H groups in total. The molecule has 1 aliphatic heterocycles. The molecule has 0 radical (unpaired) electrons. The second-order valence-electron chi connectivity index (χ2n) is 10.5. The number of hydrogen-bond acceptors (Lipinski definition) is 4. The Bertz CT molecular complexity index is 1570. The van der Waals surface area contributed by atoms with Crippen LogP contribution in [-0.2, 0) is 4.79 Å². The smallest absolute Gasteiger partial charge is 0.229 e. The number of benzene rings is 2. The number of ether oxygens (including phenoxy) is 1. The molecule has 1 fully saturated rings. The van der Waals surface area contributed by atoms with Crippen molar-refractivity contribution in [2.24, 2.45) is 5.41 Å². The lowest BCUT2D eigenvalue weighted by atomic mass is 9.95. The minimum absolute atomic E-state index is 0.109. The minimum Gasteiger partial charge on any atom is -0.494 e. The van der Waals surface area contributed by atoms with Crippen LogP contribution in [0, 0.1) is 5.41 Å². The average molecular weight is 595 g/mol. The van der Waals surface area contributed by atoms with Crippen molar-refractivity contribution in [3.05, 3.63) is 101 Å². The molecule has 3 heterocycles. The van der Waals surface area contributed by atoms with E-state index < -0.39 is 5.41 Å². The van der Waals surface area contributed by atoms with Crippen LogP contribution in [0.15, 0.2) is 79.1 Å². The number of hydrogen-bond donors (Lipinski definition) is 2. The van der Waals surface area contributed by atoms with Gasteiger partial charge in [-0.2, -0.15) is 0 Å². The highest BCUT2D eigenvalue weighted by atomic mass is 35.5. The van der Waals surface area contributed by atoms with Crippen molar-refractivity contribution in [1.29, 1.82) is 0 Å². The fourth-order valence-electron chi connectivity index (χ4n) is 4.71. The molecule has 206 valence electrons. The highest BCUT2D eigenvalue weighted by Gasteiger charge is 2.42. The van der Waals surface area contributed by atoms with Crippen LogP contribution in [0.25, 0.3) is 5.69 Å². The Morgan fingerprint density at radius 2 is 1.88 bits per heavy atom. The summed E-state index contributed by atoms with van der Waals surface area (Å²) in [7, 11) is 1.58. The third kappa shape index (κ3) is 5.39. The zero-order valence-corrected chi connectivity index (χ0v) is 24.8. The second-order valence-corrected chi connectivity index (χ2v) is 11.7. The van der Waals surface area contributed by atoms with Gasteiger partial charge in [-0.15, -0.1) is 0 Å². The Labute approximate surface area is 249 Å². The quantitative estimate of drug-likeness (QED) is 0.228. The van der Waals surface area contributed by atoms with Gasteiger partial charge in [-0.25, -0.2) is 0 Å². The molecular formula is C30H29Cl2N5O2S. The van der Waals surface area contributed by atoms with E-state index >= 15 is 0 Å². The van der Waals surface area contributed by atoms with E-state index in [1.807, 2.05) is 97.1 Å². The van der Waals surface area contributed by atoms with E-state index in [0.29, 0.717) is 26.6 Å². The van der Waals surface area contributed by atoms with Crippen molar-refractivity contribution in [2.75, 3.05) is 17.3 Å². The predicted octanol–water partition coefficient (Wildman–Crippen LogP) is 7.35. The Balaban J connectivity index is 1.62. The van der Waals surface area contributed by atoms with E-state index in [4.69, 9.17) is 40.2 Å². The van der Waals surface area contributed by atoms with Gasteiger partial charge in [-0.1, -0.05) is 50.0 Å². The molecule has 0 unspecified atom stereocenters. The predicted molar refractivity (Wildman–Crippen MR) is 165 cm³/mol. The number of anilines is 2. The van der Waals surface area contributed by atoms with Gasteiger partial charge < -0.3 is 24.8 Å². The lowest BCUT2D eigenvalue weighted by molar-refractivity contribution is -0.123. The van der Waals surface area contributed by atoms with E-state index in [0.717, 1.165) is 22.8 Å². The number of carbonyl (C=O) groups is 1. The van der Waals surface area contributed by atoms with Gasteiger partial charge in [0.15, 0.2) is 5.11 Å². The van der Waals surface area contributed by atoms with Crippen molar-refractivity contribution in [3.63, 3.8) is 0 Å². The van der Waals surface area contributed by atoms with Gasteiger partial charge in [0.25, 0.3) is 0 Å². The van der Waals surface area contributed by atoms with Gasteiger partial charge in [-0.05, 0) is 66.8 Å². The highest BCUT2D eigenvalue weighted by molar-refractivity contribution is 7.80. The van der Waals surface area contributed by atoms with Gasteiger partial charge in [0, 0.05) is 40.3 Å². The number of rotatable bonds is 6. The molecule has 1 amide bonds. The average Bonchev–Trinajstić information content (AvgIpc) is 3.53.